The van der Waals surface area contributed by atoms with Gasteiger partial charge in [0, 0.05) is 48.9 Å². The molecule has 0 bridgehead atoms. The highest BCUT2D eigenvalue weighted by molar-refractivity contribution is 6.31. The van der Waals surface area contributed by atoms with E-state index < -0.39 is 82.6 Å². The summed E-state index contributed by atoms with van der Waals surface area (Å²) in [6, 6.07) is 3.60. The number of carbonyl (C=O) groups excluding carboxylic acids is 4. The third kappa shape index (κ3) is 5.06. The van der Waals surface area contributed by atoms with Gasteiger partial charge in [-0.05, 0) is 19.9 Å². The molecule has 6 atom stereocenters. The standard InChI is InChI=1S/C30H34N2O11/c1-12-25(35)16(32-19(34)7-8-31)9-20(42-12)43-18-11-30(40,13(2)33)10-15-22(18)29(39)24-23(27(15)37)26(36)14-5-4-6-17(41-3)21(14)28(24)38/h4-6,12,16,18,20,25,35,37,39-40H,7-11,31H2,1-3H3,(H,32,34)/t12?,16?,18?,20?,25?,30-/m0/s1. The molecule has 2 aliphatic carbocycles. The molecule has 5 unspecified atom stereocenters. The van der Waals surface area contributed by atoms with E-state index in [2.05, 4.69) is 5.32 Å². The lowest BCUT2D eigenvalue weighted by molar-refractivity contribution is -0.249. The molecule has 13 nitrogen and oxygen atoms in total. The molecule has 1 saturated heterocycles. The zero-order valence-electron chi connectivity index (χ0n) is 23.9. The fourth-order valence-electron chi connectivity index (χ4n) is 6.18. The van der Waals surface area contributed by atoms with E-state index in [1.165, 1.54) is 25.3 Å². The molecule has 43 heavy (non-hydrogen) atoms. The zero-order chi connectivity index (χ0) is 31.4. The Bertz CT molecular complexity index is 1520. The van der Waals surface area contributed by atoms with Gasteiger partial charge in [-0.2, -0.15) is 0 Å². The summed E-state index contributed by atoms with van der Waals surface area (Å²) in [5.41, 5.74) is 2.14. The monoisotopic (exact) mass is 598 g/mol. The lowest BCUT2D eigenvalue weighted by Crippen LogP contribution is -2.55. The third-order valence-corrected chi connectivity index (χ3v) is 8.47. The fourth-order valence-corrected chi connectivity index (χ4v) is 6.18. The van der Waals surface area contributed by atoms with Gasteiger partial charge in [0.1, 0.15) is 29.0 Å². The number of fused-ring (bicyclic) bond motifs is 3. The van der Waals surface area contributed by atoms with Gasteiger partial charge in [0.25, 0.3) is 0 Å². The highest BCUT2D eigenvalue weighted by Gasteiger charge is 2.49. The number of rotatable bonds is 7. The molecule has 1 fully saturated rings. The van der Waals surface area contributed by atoms with Crippen molar-refractivity contribution in [1.29, 1.82) is 0 Å². The maximum atomic E-state index is 13.8. The van der Waals surface area contributed by atoms with Crippen LogP contribution in [0.15, 0.2) is 18.2 Å². The van der Waals surface area contributed by atoms with Crippen molar-refractivity contribution in [3.05, 3.63) is 51.6 Å². The Morgan fingerprint density at radius 2 is 1.84 bits per heavy atom. The second-order valence-corrected chi connectivity index (χ2v) is 11.2. The molecule has 1 aliphatic heterocycles. The van der Waals surface area contributed by atoms with E-state index in [-0.39, 0.29) is 59.7 Å². The summed E-state index contributed by atoms with van der Waals surface area (Å²) in [5.74, 6) is -3.77. The maximum Gasteiger partial charge on any atom is 0.221 e. The van der Waals surface area contributed by atoms with E-state index in [9.17, 15) is 39.6 Å². The molecule has 230 valence electrons. The molecule has 0 spiro atoms. The molecule has 0 saturated carbocycles. The van der Waals surface area contributed by atoms with Crippen LogP contribution in [0.2, 0.25) is 0 Å². The summed E-state index contributed by atoms with van der Waals surface area (Å²) in [7, 11) is 1.33. The number of aliphatic hydroxyl groups is 2. The molecule has 1 heterocycles. The Hall–Kier alpha value is -3.88. The lowest BCUT2D eigenvalue weighted by atomic mass is 9.72. The average molecular weight is 599 g/mol. The SMILES string of the molecule is COc1cccc2c1C(=O)c1c(O)c3c(c(O)c1C2=O)C[C@@](O)(C(C)=O)CC3OC1CC(NC(=O)CCN)C(O)C(C)O1. The summed E-state index contributed by atoms with van der Waals surface area (Å²) in [6.07, 6.45) is -5.20. The zero-order valence-corrected chi connectivity index (χ0v) is 23.9. The summed E-state index contributed by atoms with van der Waals surface area (Å²) >= 11 is 0. The van der Waals surface area contributed by atoms with Crippen molar-refractivity contribution >= 4 is 23.3 Å². The molecule has 7 N–H and O–H groups in total. The largest absolute Gasteiger partial charge is 0.507 e. The van der Waals surface area contributed by atoms with Crippen LogP contribution in [0, 0.1) is 0 Å². The van der Waals surface area contributed by atoms with Gasteiger partial charge in [-0.3, -0.25) is 19.2 Å². The molecule has 0 aromatic heterocycles. The minimum Gasteiger partial charge on any atom is -0.507 e. The van der Waals surface area contributed by atoms with Crippen LogP contribution >= 0.6 is 0 Å². The number of hydrogen-bond acceptors (Lipinski definition) is 12. The first-order chi connectivity index (χ1) is 20.3. The normalized spacial score (nSPS) is 28.0. The first-order valence-corrected chi connectivity index (χ1v) is 13.9. The van der Waals surface area contributed by atoms with Crippen molar-refractivity contribution in [2.24, 2.45) is 5.73 Å². The minimum absolute atomic E-state index is 0.0323. The molecule has 1 amide bonds. The average Bonchev–Trinajstić information content (AvgIpc) is 2.95. The van der Waals surface area contributed by atoms with E-state index in [4.69, 9.17) is 19.9 Å². The van der Waals surface area contributed by atoms with Crippen molar-refractivity contribution in [2.45, 2.75) is 75.8 Å². The van der Waals surface area contributed by atoms with Crippen molar-refractivity contribution in [1.82, 2.24) is 5.32 Å². The second-order valence-electron chi connectivity index (χ2n) is 11.2. The van der Waals surface area contributed by atoms with Gasteiger partial charge >= 0.3 is 0 Å². The van der Waals surface area contributed by atoms with Crippen LogP contribution in [0.1, 0.15) is 82.2 Å². The summed E-state index contributed by atoms with van der Waals surface area (Å²) in [6.45, 7) is 2.83. The van der Waals surface area contributed by atoms with Crippen LogP contribution in [0.5, 0.6) is 17.2 Å². The number of aromatic hydroxyl groups is 2. The predicted octanol–water partition coefficient (Wildman–Crippen LogP) is 0.535. The van der Waals surface area contributed by atoms with Gasteiger partial charge in [-0.15, -0.1) is 0 Å². The van der Waals surface area contributed by atoms with Gasteiger partial charge in [-0.1, -0.05) is 12.1 Å². The smallest absolute Gasteiger partial charge is 0.221 e. The second kappa shape index (κ2) is 11.3. The molecule has 3 aliphatic rings. The Labute approximate surface area is 246 Å². The van der Waals surface area contributed by atoms with Gasteiger partial charge in [0.05, 0.1) is 42.0 Å². The number of ether oxygens (including phenoxy) is 3. The van der Waals surface area contributed by atoms with E-state index in [1.54, 1.807) is 6.92 Å². The third-order valence-electron chi connectivity index (χ3n) is 8.47. The lowest BCUT2D eigenvalue weighted by Gasteiger charge is -2.42. The highest BCUT2D eigenvalue weighted by atomic mass is 16.7. The first kappa shape index (κ1) is 30.6. The predicted molar refractivity (Wildman–Crippen MR) is 148 cm³/mol. The number of hydrogen-bond donors (Lipinski definition) is 6. The van der Waals surface area contributed by atoms with Crippen LogP contribution in [-0.2, 0) is 25.5 Å². The number of nitrogens with two attached hydrogens (primary N) is 1. The van der Waals surface area contributed by atoms with Crippen molar-refractivity contribution in [3.63, 3.8) is 0 Å². The Kier molecular flexibility index (Phi) is 8.05. The fraction of sp³-hybridized carbons (Fsp3) is 0.467. The highest BCUT2D eigenvalue weighted by Crippen LogP contribution is 2.52. The van der Waals surface area contributed by atoms with Gasteiger partial charge in [0.2, 0.25) is 11.7 Å². The molecule has 2 aromatic rings. The Morgan fingerprint density at radius 3 is 2.49 bits per heavy atom. The summed E-state index contributed by atoms with van der Waals surface area (Å²) in [4.78, 5) is 52.2. The quantitative estimate of drug-likeness (QED) is 0.206. The van der Waals surface area contributed by atoms with Crippen molar-refractivity contribution in [3.8, 4) is 17.2 Å². The van der Waals surface area contributed by atoms with Crippen molar-refractivity contribution in [2.75, 3.05) is 13.7 Å². The van der Waals surface area contributed by atoms with Crippen LogP contribution < -0.4 is 15.8 Å². The molecular weight excluding hydrogens is 564 g/mol. The number of methoxy groups -OCH3 is 1. The number of Topliss-reactive ketones (excluding diaryl/α,β-unsaturated/α-hetero) is 1. The topological polar surface area (TPSA) is 215 Å². The number of phenolic OH excluding ortho intramolecular Hbond substituents is 2. The minimum atomic E-state index is -2.06. The maximum absolute atomic E-state index is 13.8. The summed E-state index contributed by atoms with van der Waals surface area (Å²) in [5, 5.41) is 47.7. The van der Waals surface area contributed by atoms with E-state index in [1.807, 2.05) is 0 Å². The van der Waals surface area contributed by atoms with E-state index in [0.29, 0.717) is 0 Å². The molecule has 0 radical (unpaired) electrons. The van der Waals surface area contributed by atoms with Gasteiger partial charge < -0.3 is 45.7 Å². The Morgan fingerprint density at radius 1 is 1.14 bits per heavy atom. The van der Waals surface area contributed by atoms with Crippen LogP contribution in [0.25, 0.3) is 0 Å². The van der Waals surface area contributed by atoms with Crippen LogP contribution in [0.4, 0.5) is 0 Å². The molecular formula is C30H34N2O11. The number of nitrogens with one attached hydrogen (secondary N) is 1. The molecule has 2 aromatic carbocycles. The van der Waals surface area contributed by atoms with Gasteiger partial charge in [0.15, 0.2) is 17.9 Å². The van der Waals surface area contributed by atoms with Crippen LogP contribution in [-0.4, -0.2) is 87.5 Å². The van der Waals surface area contributed by atoms with Crippen molar-refractivity contribution < 1.29 is 53.8 Å². The van der Waals surface area contributed by atoms with E-state index >= 15 is 0 Å². The number of aliphatic hydroxyl groups excluding tert-OH is 1. The number of benzene rings is 2. The van der Waals surface area contributed by atoms with E-state index in [0.717, 1.165) is 6.92 Å². The number of ketones is 3. The number of carbonyl (C=O) groups is 4. The molecule has 13 heteroatoms. The summed E-state index contributed by atoms with van der Waals surface area (Å²) < 4.78 is 17.3. The Balaban J connectivity index is 1.60. The number of amides is 1. The first-order valence-electron chi connectivity index (χ1n) is 13.9. The van der Waals surface area contributed by atoms with Crippen LogP contribution in [0.3, 0.4) is 0 Å². The molecule has 5 rings (SSSR count). The number of phenols is 2. The van der Waals surface area contributed by atoms with Gasteiger partial charge in [-0.25, -0.2) is 0 Å².